The number of hydrogen-bond donors (Lipinski definition) is 3. The zero-order valence-corrected chi connectivity index (χ0v) is 14.8. The number of aromatic carboxylic acids is 1. The van der Waals surface area contributed by atoms with Crippen molar-refractivity contribution in [1.29, 1.82) is 0 Å². The standard InChI is InChI=1S/C20H20N2O5/c1-27-14-7-8-17(15(11-14)20(25)26)21-18(23)9-6-13-10-12-4-2-3-5-16(12)22-19(13)24/h2-5,7-8,11,13H,6,9-10H2,1H3,(H,21,23)(H,22,24)(H,25,26). The number of fused-ring (bicyclic) bond motifs is 1. The SMILES string of the molecule is COc1ccc(NC(=O)CCC2Cc3ccccc3NC2=O)c(C(=O)O)c1. The van der Waals surface area contributed by atoms with Gasteiger partial charge in [0.15, 0.2) is 0 Å². The normalized spacial score (nSPS) is 15.4. The van der Waals surface area contributed by atoms with E-state index in [1.807, 2.05) is 24.3 Å². The van der Waals surface area contributed by atoms with Crippen LogP contribution in [0, 0.1) is 5.92 Å². The number of nitrogens with one attached hydrogen (secondary N) is 2. The number of methoxy groups -OCH3 is 1. The molecule has 1 aliphatic heterocycles. The molecular formula is C20H20N2O5. The van der Waals surface area contributed by atoms with Gasteiger partial charge in [0.2, 0.25) is 11.8 Å². The van der Waals surface area contributed by atoms with Gasteiger partial charge in [-0.2, -0.15) is 0 Å². The van der Waals surface area contributed by atoms with E-state index in [0.717, 1.165) is 11.3 Å². The summed E-state index contributed by atoms with van der Waals surface area (Å²) in [6, 6.07) is 12.0. The number of rotatable bonds is 6. The Morgan fingerprint density at radius 1 is 1.26 bits per heavy atom. The Kier molecular flexibility index (Phi) is 5.40. The monoisotopic (exact) mass is 368 g/mol. The summed E-state index contributed by atoms with van der Waals surface area (Å²) < 4.78 is 5.01. The van der Waals surface area contributed by atoms with E-state index in [9.17, 15) is 19.5 Å². The van der Waals surface area contributed by atoms with Gasteiger partial charge in [0.1, 0.15) is 5.75 Å². The topological polar surface area (TPSA) is 105 Å². The van der Waals surface area contributed by atoms with Crippen molar-refractivity contribution in [2.45, 2.75) is 19.3 Å². The Labute approximate surface area is 156 Å². The molecule has 140 valence electrons. The van der Waals surface area contributed by atoms with E-state index in [1.165, 1.54) is 19.2 Å². The fourth-order valence-corrected chi connectivity index (χ4v) is 3.10. The fourth-order valence-electron chi connectivity index (χ4n) is 3.10. The van der Waals surface area contributed by atoms with E-state index in [-0.39, 0.29) is 35.4 Å². The van der Waals surface area contributed by atoms with Crippen molar-refractivity contribution in [1.82, 2.24) is 0 Å². The van der Waals surface area contributed by atoms with Crippen LogP contribution >= 0.6 is 0 Å². The van der Waals surface area contributed by atoms with Crippen LogP contribution in [0.2, 0.25) is 0 Å². The van der Waals surface area contributed by atoms with E-state index in [0.29, 0.717) is 18.6 Å². The Bertz CT molecular complexity index is 894. The highest BCUT2D eigenvalue weighted by Crippen LogP contribution is 2.28. The van der Waals surface area contributed by atoms with Crippen LogP contribution in [-0.2, 0) is 16.0 Å². The molecule has 7 nitrogen and oxygen atoms in total. The molecule has 2 amide bonds. The second-order valence-electron chi connectivity index (χ2n) is 6.35. The van der Waals surface area contributed by atoms with E-state index >= 15 is 0 Å². The first-order valence-electron chi connectivity index (χ1n) is 8.58. The van der Waals surface area contributed by atoms with Crippen molar-refractivity contribution in [3.8, 4) is 5.75 Å². The van der Waals surface area contributed by atoms with Crippen LogP contribution < -0.4 is 15.4 Å². The average molecular weight is 368 g/mol. The highest BCUT2D eigenvalue weighted by atomic mass is 16.5. The number of anilines is 2. The number of carbonyl (C=O) groups excluding carboxylic acids is 2. The number of carboxylic acid groups (broad SMARTS) is 1. The predicted octanol–water partition coefficient (Wildman–Crippen LogP) is 2.92. The maximum absolute atomic E-state index is 12.3. The molecule has 0 aromatic heterocycles. The molecule has 2 aromatic carbocycles. The molecule has 1 atom stereocenters. The summed E-state index contributed by atoms with van der Waals surface area (Å²) in [7, 11) is 1.44. The first-order valence-corrected chi connectivity index (χ1v) is 8.58. The van der Waals surface area contributed by atoms with Gasteiger partial charge >= 0.3 is 5.97 Å². The Balaban J connectivity index is 1.62. The van der Waals surface area contributed by atoms with Gasteiger partial charge in [0.05, 0.1) is 18.4 Å². The third kappa shape index (κ3) is 4.25. The van der Waals surface area contributed by atoms with Crippen LogP contribution in [0.25, 0.3) is 0 Å². The molecule has 2 aromatic rings. The highest BCUT2D eigenvalue weighted by Gasteiger charge is 2.26. The van der Waals surface area contributed by atoms with E-state index in [2.05, 4.69) is 10.6 Å². The first-order chi connectivity index (χ1) is 13.0. The molecule has 3 N–H and O–H groups in total. The third-order valence-corrected chi connectivity index (χ3v) is 4.56. The third-order valence-electron chi connectivity index (χ3n) is 4.56. The molecule has 7 heteroatoms. The van der Waals surface area contributed by atoms with Crippen molar-refractivity contribution < 1.29 is 24.2 Å². The van der Waals surface area contributed by atoms with Crippen LogP contribution in [0.1, 0.15) is 28.8 Å². The summed E-state index contributed by atoms with van der Waals surface area (Å²) in [5, 5.41) is 14.8. The summed E-state index contributed by atoms with van der Waals surface area (Å²) in [5.74, 6) is -1.50. The summed E-state index contributed by atoms with van der Waals surface area (Å²) in [6.07, 6.45) is 1.08. The molecule has 0 radical (unpaired) electrons. The van der Waals surface area contributed by atoms with Gasteiger partial charge in [-0.25, -0.2) is 4.79 Å². The van der Waals surface area contributed by atoms with Gasteiger partial charge in [0.25, 0.3) is 0 Å². The lowest BCUT2D eigenvalue weighted by Crippen LogP contribution is -2.30. The lowest BCUT2D eigenvalue weighted by Gasteiger charge is -2.24. The largest absolute Gasteiger partial charge is 0.497 e. The minimum Gasteiger partial charge on any atom is -0.497 e. The molecule has 0 fully saturated rings. The van der Waals surface area contributed by atoms with Gasteiger partial charge in [-0.15, -0.1) is 0 Å². The second kappa shape index (κ2) is 7.90. The Hall–Kier alpha value is -3.35. The molecule has 0 spiro atoms. The van der Waals surface area contributed by atoms with Gasteiger partial charge in [-0.1, -0.05) is 18.2 Å². The van der Waals surface area contributed by atoms with E-state index in [1.54, 1.807) is 6.07 Å². The Morgan fingerprint density at radius 3 is 2.78 bits per heavy atom. The summed E-state index contributed by atoms with van der Waals surface area (Å²) in [5.41, 5.74) is 2.01. The number of para-hydroxylation sites is 1. The van der Waals surface area contributed by atoms with Crippen LogP contribution in [0.3, 0.4) is 0 Å². The number of benzene rings is 2. The molecule has 27 heavy (non-hydrogen) atoms. The highest BCUT2D eigenvalue weighted by molar-refractivity contribution is 6.01. The van der Waals surface area contributed by atoms with Gasteiger partial charge in [0, 0.05) is 18.0 Å². The second-order valence-corrected chi connectivity index (χ2v) is 6.35. The summed E-state index contributed by atoms with van der Waals surface area (Å²) in [6.45, 7) is 0. The van der Waals surface area contributed by atoms with Gasteiger partial charge in [-0.3, -0.25) is 9.59 Å². The molecule has 1 heterocycles. The molecule has 1 unspecified atom stereocenters. The van der Waals surface area contributed by atoms with Crippen LogP contribution in [0.15, 0.2) is 42.5 Å². The van der Waals surface area contributed by atoms with Crippen LogP contribution in [-0.4, -0.2) is 30.0 Å². The number of amides is 2. The van der Waals surface area contributed by atoms with Gasteiger partial charge in [-0.05, 0) is 42.7 Å². The molecule has 3 rings (SSSR count). The maximum Gasteiger partial charge on any atom is 0.337 e. The van der Waals surface area contributed by atoms with Crippen LogP contribution in [0.4, 0.5) is 11.4 Å². The number of carboxylic acids is 1. The maximum atomic E-state index is 12.3. The predicted molar refractivity (Wildman–Crippen MR) is 100 cm³/mol. The zero-order chi connectivity index (χ0) is 19.4. The molecule has 0 bridgehead atoms. The molecule has 0 saturated heterocycles. The molecule has 1 aliphatic rings. The number of carbonyl (C=O) groups is 3. The van der Waals surface area contributed by atoms with Crippen molar-refractivity contribution in [3.05, 3.63) is 53.6 Å². The molecular weight excluding hydrogens is 348 g/mol. The molecule has 0 aliphatic carbocycles. The number of hydrogen-bond acceptors (Lipinski definition) is 4. The van der Waals surface area contributed by atoms with E-state index < -0.39 is 5.97 Å². The van der Waals surface area contributed by atoms with Gasteiger partial charge < -0.3 is 20.5 Å². The minimum absolute atomic E-state index is 0.0490. The van der Waals surface area contributed by atoms with Crippen molar-refractivity contribution in [2.75, 3.05) is 17.7 Å². The molecule has 0 saturated carbocycles. The first kappa shape index (κ1) is 18.4. The van der Waals surface area contributed by atoms with E-state index in [4.69, 9.17) is 4.74 Å². The Morgan fingerprint density at radius 2 is 2.04 bits per heavy atom. The van der Waals surface area contributed by atoms with Crippen molar-refractivity contribution >= 4 is 29.2 Å². The van der Waals surface area contributed by atoms with Crippen molar-refractivity contribution in [2.24, 2.45) is 5.92 Å². The zero-order valence-electron chi connectivity index (χ0n) is 14.8. The minimum atomic E-state index is -1.16. The average Bonchev–Trinajstić information content (AvgIpc) is 2.66. The lowest BCUT2D eigenvalue weighted by molar-refractivity contribution is -0.121. The smallest absolute Gasteiger partial charge is 0.337 e. The summed E-state index contributed by atoms with van der Waals surface area (Å²) in [4.78, 5) is 35.9. The number of ether oxygens (including phenoxy) is 1. The quantitative estimate of drug-likeness (QED) is 0.727. The van der Waals surface area contributed by atoms with Crippen LogP contribution in [0.5, 0.6) is 5.75 Å². The lowest BCUT2D eigenvalue weighted by atomic mass is 9.89. The van der Waals surface area contributed by atoms with Crippen molar-refractivity contribution in [3.63, 3.8) is 0 Å². The fraction of sp³-hybridized carbons (Fsp3) is 0.250. The summed E-state index contributed by atoms with van der Waals surface area (Å²) >= 11 is 0.